The zero-order chi connectivity index (χ0) is 22.7. The average molecular weight is 442 g/mol. The maximum atomic E-state index is 12.7. The van der Waals surface area contributed by atoms with Crippen LogP contribution in [0.1, 0.15) is 5.56 Å². The lowest BCUT2D eigenvalue weighted by Gasteiger charge is -2.24. The van der Waals surface area contributed by atoms with Crippen LogP contribution in [-0.4, -0.2) is 82.1 Å². The van der Waals surface area contributed by atoms with Crippen LogP contribution in [0.15, 0.2) is 30.3 Å². The van der Waals surface area contributed by atoms with E-state index in [2.05, 4.69) is 28.6 Å². The molecule has 0 bridgehead atoms. The van der Waals surface area contributed by atoms with Gasteiger partial charge in [-0.3, -0.25) is 14.4 Å². The van der Waals surface area contributed by atoms with Gasteiger partial charge >= 0.3 is 5.97 Å². The van der Waals surface area contributed by atoms with E-state index in [1.165, 1.54) is 0 Å². The Labute approximate surface area is 178 Å². The minimum absolute atomic E-state index is 0.0463. The van der Waals surface area contributed by atoms with Gasteiger partial charge in [-0.1, -0.05) is 30.3 Å². The SMILES string of the molecule is NC(CO)C(=O)NC(Cc1ccccc1)C(=O)NC(CO)C(=O)NC(CS)C(=O)O. The third-order valence-corrected chi connectivity index (χ3v) is 4.43. The van der Waals surface area contributed by atoms with Gasteiger partial charge in [-0.25, -0.2) is 4.79 Å². The summed E-state index contributed by atoms with van der Waals surface area (Å²) in [7, 11) is 0. The van der Waals surface area contributed by atoms with Gasteiger partial charge in [0.05, 0.1) is 13.2 Å². The molecule has 0 fully saturated rings. The summed E-state index contributed by atoms with van der Waals surface area (Å²) in [5, 5.41) is 34.3. The van der Waals surface area contributed by atoms with Crippen molar-refractivity contribution in [2.75, 3.05) is 19.0 Å². The van der Waals surface area contributed by atoms with Crippen LogP contribution in [0, 0.1) is 0 Å². The molecule has 1 rings (SSSR count). The number of hydrogen-bond acceptors (Lipinski definition) is 8. The number of carboxylic acid groups (broad SMARTS) is 1. The van der Waals surface area contributed by atoms with Gasteiger partial charge in [0, 0.05) is 12.2 Å². The van der Waals surface area contributed by atoms with E-state index < -0.39 is 61.1 Å². The highest BCUT2D eigenvalue weighted by Gasteiger charge is 2.29. The Hall–Kier alpha value is -2.67. The van der Waals surface area contributed by atoms with Gasteiger partial charge in [-0.2, -0.15) is 12.6 Å². The van der Waals surface area contributed by atoms with Crippen molar-refractivity contribution in [3.05, 3.63) is 35.9 Å². The molecule has 0 saturated heterocycles. The number of aliphatic hydroxyl groups is 2. The van der Waals surface area contributed by atoms with Crippen molar-refractivity contribution >= 4 is 36.3 Å². The smallest absolute Gasteiger partial charge is 0.327 e. The van der Waals surface area contributed by atoms with Gasteiger partial charge in [0.2, 0.25) is 17.7 Å². The van der Waals surface area contributed by atoms with Crippen LogP contribution in [-0.2, 0) is 25.6 Å². The third kappa shape index (κ3) is 7.99. The molecule has 4 unspecified atom stereocenters. The zero-order valence-electron chi connectivity index (χ0n) is 16.0. The number of aliphatic carboxylic acids is 1. The Morgan fingerprint density at radius 3 is 1.90 bits per heavy atom. The molecule has 166 valence electrons. The van der Waals surface area contributed by atoms with E-state index in [1.807, 2.05) is 0 Å². The van der Waals surface area contributed by atoms with Gasteiger partial charge in [-0.05, 0) is 5.56 Å². The Balaban J connectivity index is 2.93. The molecule has 3 amide bonds. The maximum absolute atomic E-state index is 12.7. The molecule has 4 atom stereocenters. The highest BCUT2D eigenvalue weighted by atomic mass is 32.1. The molecule has 1 aromatic rings. The molecule has 0 aliphatic carbocycles. The summed E-state index contributed by atoms with van der Waals surface area (Å²) >= 11 is 3.83. The van der Waals surface area contributed by atoms with Gasteiger partial charge in [0.25, 0.3) is 0 Å². The van der Waals surface area contributed by atoms with Crippen molar-refractivity contribution in [2.24, 2.45) is 5.73 Å². The predicted molar refractivity (Wildman–Crippen MR) is 110 cm³/mol. The number of nitrogens with one attached hydrogen (secondary N) is 3. The first-order valence-corrected chi connectivity index (χ1v) is 9.62. The first kappa shape index (κ1) is 25.4. The third-order valence-electron chi connectivity index (χ3n) is 4.06. The van der Waals surface area contributed by atoms with E-state index in [-0.39, 0.29) is 12.2 Å². The molecule has 1 aromatic carbocycles. The molecule has 30 heavy (non-hydrogen) atoms. The Bertz CT molecular complexity index is 735. The topological polar surface area (TPSA) is 191 Å². The van der Waals surface area contributed by atoms with Gasteiger partial charge < -0.3 is 37.0 Å². The highest BCUT2D eigenvalue weighted by molar-refractivity contribution is 7.80. The lowest BCUT2D eigenvalue weighted by molar-refractivity contribution is -0.142. The van der Waals surface area contributed by atoms with Crippen LogP contribution < -0.4 is 21.7 Å². The average Bonchev–Trinajstić information content (AvgIpc) is 2.74. The van der Waals surface area contributed by atoms with E-state index in [4.69, 9.17) is 15.9 Å². The number of carbonyl (C=O) groups is 4. The number of nitrogens with two attached hydrogens (primary N) is 1. The lowest BCUT2D eigenvalue weighted by Crippen LogP contribution is -2.59. The molecule has 0 heterocycles. The fraction of sp³-hybridized carbons (Fsp3) is 0.444. The highest BCUT2D eigenvalue weighted by Crippen LogP contribution is 2.05. The number of amides is 3. The second-order valence-electron chi connectivity index (χ2n) is 6.37. The molecule has 11 nitrogen and oxygen atoms in total. The van der Waals surface area contributed by atoms with Crippen molar-refractivity contribution in [1.29, 1.82) is 0 Å². The van der Waals surface area contributed by atoms with Gasteiger partial charge in [0.15, 0.2) is 0 Å². The summed E-state index contributed by atoms with van der Waals surface area (Å²) in [6.45, 7) is -1.44. The number of carboxylic acids is 1. The Morgan fingerprint density at radius 2 is 1.40 bits per heavy atom. The minimum atomic E-state index is -1.46. The molecular weight excluding hydrogens is 416 g/mol. The van der Waals surface area contributed by atoms with Crippen molar-refractivity contribution in [2.45, 2.75) is 30.6 Å². The van der Waals surface area contributed by atoms with E-state index in [1.54, 1.807) is 30.3 Å². The number of hydrogen-bond donors (Lipinski definition) is 8. The van der Waals surface area contributed by atoms with Crippen molar-refractivity contribution < 1.29 is 34.5 Å². The second-order valence-corrected chi connectivity index (χ2v) is 6.73. The summed E-state index contributed by atoms with van der Waals surface area (Å²) in [5.74, 6) is -4.03. The maximum Gasteiger partial charge on any atom is 0.327 e. The van der Waals surface area contributed by atoms with Crippen LogP contribution >= 0.6 is 12.6 Å². The molecule has 12 heteroatoms. The first-order chi connectivity index (χ1) is 14.2. The van der Waals surface area contributed by atoms with Crippen molar-refractivity contribution in [3.63, 3.8) is 0 Å². The minimum Gasteiger partial charge on any atom is -0.480 e. The summed E-state index contributed by atoms with van der Waals surface area (Å²) in [4.78, 5) is 48.0. The van der Waals surface area contributed by atoms with Gasteiger partial charge in [-0.15, -0.1) is 0 Å². The predicted octanol–water partition coefficient (Wildman–Crippen LogP) is -2.99. The van der Waals surface area contributed by atoms with Crippen LogP contribution in [0.4, 0.5) is 0 Å². The number of benzene rings is 1. The van der Waals surface area contributed by atoms with Crippen LogP contribution in [0.2, 0.25) is 0 Å². The lowest BCUT2D eigenvalue weighted by atomic mass is 10.0. The number of rotatable bonds is 12. The van der Waals surface area contributed by atoms with E-state index >= 15 is 0 Å². The van der Waals surface area contributed by atoms with E-state index in [9.17, 15) is 24.3 Å². The second kappa shape index (κ2) is 12.8. The zero-order valence-corrected chi connectivity index (χ0v) is 16.9. The Morgan fingerprint density at radius 1 is 0.867 bits per heavy atom. The fourth-order valence-corrected chi connectivity index (χ4v) is 2.59. The standard InChI is InChI=1S/C18H26N4O7S/c19-11(7-23)15(25)20-12(6-10-4-2-1-3-5-10)16(26)21-13(8-24)17(27)22-14(9-30)18(28)29/h1-5,11-14,23-24,30H,6-9,19H2,(H,20,25)(H,21,26)(H,22,27)(H,28,29). The first-order valence-electron chi connectivity index (χ1n) is 8.99. The van der Waals surface area contributed by atoms with E-state index in [0.29, 0.717) is 5.56 Å². The summed E-state index contributed by atoms with van der Waals surface area (Å²) in [6.07, 6.45) is 0.0463. The summed E-state index contributed by atoms with van der Waals surface area (Å²) < 4.78 is 0. The largest absolute Gasteiger partial charge is 0.480 e. The molecular formula is C18H26N4O7S. The molecule has 0 aromatic heterocycles. The number of aliphatic hydroxyl groups excluding tert-OH is 2. The summed E-state index contributed by atoms with van der Waals surface area (Å²) in [5.41, 5.74) is 6.17. The quantitative estimate of drug-likeness (QED) is 0.157. The fourth-order valence-electron chi connectivity index (χ4n) is 2.34. The number of carbonyl (C=O) groups excluding carboxylic acids is 3. The van der Waals surface area contributed by atoms with Crippen LogP contribution in [0.25, 0.3) is 0 Å². The molecule has 8 N–H and O–H groups in total. The molecule has 0 spiro atoms. The van der Waals surface area contributed by atoms with Crippen molar-refractivity contribution in [1.82, 2.24) is 16.0 Å². The van der Waals surface area contributed by atoms with Crippen molar-refractivity contribution in [3.8, 4) is 0 Å². The molecule has 0 aliphatic rings. The molecule has 0 saturated carbocycles. The molecule has 0 radical (unpaired) electrons. The number of thiol groups is 1. The van der Waals surface area contributed by atoms with Crippen LogP contribution in [0.5, 0.6) is 0 Å². The monoisotopic (exact) mass is 442 g/mol. The Kier molecular flexibility index (Phi) is 10.8. The van der Waals surface area contributed by atoms with E-state index in [0.717, 1.165) is 0 Å². The summed E-state index contributed by atoms with van der Waals surface area (Å²) in [6, 6.07) is 3.50. The van der Waals surface area contributed by atoms with Gasteiger partial charge in [0.1, 0.15) is 24.2 Å². The molecule has 0 aliphatic heterocycles. The normalized spacial score (nSPS) is 14.7. The van der Waals surface area contributed by atoms with Crippen LogP contribution in [0.3, 0.4) is 0 Å².